The fourth-order valence-electron chi connectivity index (χ4n) is 0.976. The molecule has 4 nitrogen and oxygen atoms in total. The van der Waals surface area contributed by atoms with Gasteiger partial charge >= 0.3 is 0 Å². The molecule has 0 radical (unpaired) electrons. The van der Waals surface area contributed by atoms with Gasteiger partial charge in [0.05, 0.1) is 0 Å². The monoisotopic (exact) mass is 194 g/mol. The highest BCUT2D eigenvalue weighted by Crippen LogP contribution is 2.22. The molecule has 0 aliphatic heterocycles. The predicted octanol–water partition coefficient (Wildman–Crippen LogP) is 0.685. The first-order valence-corrected chi connectivity index (χ1v) is 4.56. The number of nitrogens with one attached hydrogen (secondary N) is 1. The van der Waals surface area contributed by atoms with Gasteiger partial charge in [0.25, 0.3) is 0 Å². The summed E-state index contributed by atoms with van der Waals surface area (Å²) in [7, 11) is 0. The van der Waals surface area contributed by atoms with Crippen molar-refractivity contribution in [3.05, 3.63) is 18.0 Å². The fourth-order valence-corrected chi connectivity index (χ4v) is 1.09. The van der Waals surface area contributed by atoms with E-state index < -0.39 is 0 Å². The molecular formula is C8H10N4S. The summed E-state index contributed by atoms with van der Waals surface area (Å²) in [4.78, 5) is 8.54. The number of nitrogens with two attached hydrogens (primary N) is 1. The van der Waals surface area contributed by atoms with Crippen LogP contribution >= 0.6 is 12.2 Å². The molecule has 1 saturated carbocycles. The molecule has 2 rings (SSSR count). The number of thiocarbonyl (C=S) groups is 1. The quantitative estimate of drug-likeness (QED) is 0.693. The molecule has 0 amide bonds. The van der Waals surface area contributed by atoms with E-state index in [1.54, 1.807) is 12.3 Å². The van der Waals surface area contributed by atoms with E-state index in [0.29, 0.717) is 22.7 Å². The van der Waals surface area contributed by atoms with E-state index in [2.05, 4.69) is 15.3 Å². The Morgan fingerprint density at radius 3 is 3.00 bits per heavy atom. The first-order valence-electron chi connectivity index (χ1n) is 4.15. The lowest BCUT2D eigenvalue weighted by molar-refractivity contribution is 1.05. The van der Waals surface area contributed by atoms with Gasteiger partial charge in [-0.2, -0.15) is 0 Å². The van der Waals surface area contributed by atoms with Gasteiger partial charge in [-0.1, -0.05) is 12.2 Å². The largest absolute Gasteiger partial charge is 0.388 e. The third-order valence-electron chi connectivity index (χ3n) is 1.82. The molecule has 0 saturated heterocycles. The van der Waals surface area contributed by atoms with Crippen LogP contribution in [-0.2, 0) is 0 Å². The molecule has 0 unspecified atom stereocenters. The molecule has 1 aliphatic rings. The molecule has 68 valence electrons. The van der Waals surface area contributed by atoms with Crippen molar-refractivity contribution in [2.24, 2.45) is 5.73 Å². The zero-order valence-electron chi connectivity index (χ0n) is 7.03. The first kappa shape index (κ1) is 8.37. The molecule has 0 bridgehead atoms. The topological polar surface area (TPSA) is 63.8 Å². The maximum absolute atomic E-state index is 5.44. The van der Waals surface area contributed by atoms with E-state index in [9.17, 15) is 0 Å². The maximum Gasteiger partial charge on any atom is 0.223 e. The normalized spacial score (nSPS) is 15.4. The van der Waals surface area contributed by atoms with Crippen LogP contribution in [-0.4, -0.2) is 21.0 Å². The van der Waals surface area contributed by atoms with Crippen molar-refractivity contribution in [3.8, 4) is 0 Å². The maximum atomic E-state index is 5.44. The van der Waals surface area contributed by atoms with E-state index in [-0.39, 0.29) is 0 Å². The molecule has 0 spiro atoms. The van der Waals surface area contributed by atoms with Crippen LogP contribution in [0.25, 0.3) is 0 Å². The van der Waals surface area contributed by atoms with Crippen molar-refractivity contribution >= 4 is 23.2 Å². The molecule has 3 N–H and O–H groups in total. The van der Waals surface area contributed by atoms with Crippen LogP contribution in [0.1, 0.15) is 18.5 Å². The predicted molar refractivity (Wildman–Crippen MR) is 54.6 cm³/mol. The molecule has 0 aromatic carbocycles. The molecule has 1 heterocycles. The third kappa shape index (κ3) is 2.12. The summed E-state index contributed by atoms with van der Waals surface area (Å²) in [5.41, 5.74) is 6.06. The zero-order valence-corrected chi connectivity index (χ0v) is 7.84. The minimum atomic E-state index is 0.307. The van der Waals surface area contributed by atoms with Gasteiger partial charge in [-0.05, 0) is 18.9 Å². The smallest absolute Gasteiger partial charge is 0.223 e. The lowest BCUT2D eigenvalue weighted by Crippen LogP contribution is -2.14. The van der Waals surface area contributed by atoms with Gasteiger partial charge in [-0.25, -0.2) is 9.97 Å². The van der Waals surface area contributed by atoms with Crippen molar-refractivity contribution < 1.29 is 0 Å². The van der Waals surface area contributed by atoms with Gasteiger partial charge in [0, 0.05) is 12.2 Å². The highest BCUT2D eigenvalue weighted by molar-refractivity contribution is 7.80. The molecule has 1 aromatic heterocycles. The summed E-state index contributed by atoms with van der Waals surface area (Å²) < 4.78 is 0. The molecule has 1 fully saturated rings. The highest BCUT2D eigenvalue weighted by Gasteiger charge is 2.21. The van der Waals surface area contributed by atoms with Crippen molar-refractivity contribution in [3.63, 3.8) is 0 Å². The lowest BCUT2D eigenvalue weighted by Gasteiger charge is -2.03. The molecule has 1 aliphatic carbocycles. The Kier molecular flexibility index (Phi) is 2.10. The number of hydrogen-bond acceptors (Lipinski definition) is 4. The van der Waals surface area contributed by atoms with E-state index in [4.69, 9.17) is 18.0 Å². The second kappa shape index (κ2) is 3.26. The van der Waals surface area contributed by atoms with E-state index in [1.807, 2.05) is 0 Å². The minimum absolute atomic E-state index is 0.307. The van der Waals surface area contributed by atoms with Gasteiger partial charge in [0.1, 0.15) is 10.7 Å². The van der Waals surface area contributed by atoms with E-state index >= 15 is 0 Å². The minimum Gasteiger partial charge on any atom is -0.388 e. The van der Waals surface area contributed by atoms with Crippen LogP contribution in [0.5, 0.6) is 0 Å². The van der Waals surface area contributed by atoms with Gasteiger partial charge in [-0.3, -0.25) is 0 Å². The van der Waals surface area contributed by atoms with Crippen LogP contribution in [0.3, 0.4) is 0 Å². The van der Waals surface area contributed by atoms with Gasteiger partial charge in [0.15, 0.2) is 0 Å². The SMILES string of the molecule is NC(=S)c1ccnc(NC2CC2)n1. The molecule has 13 heavy (non-hydrogen) atoms. The van der Waals surface area contributed by atoms with Crippen molar-refractivity contribution in [2.75, 3.05) is 5.32 Å². The van der Waals surface area contributed by atoms with Crippen molar-refractivity contribution in [2.45, 2.75) is 18.9 Å². The summed E-state index contributed by atoms with van der Waals surface area (Å²) in [6.07, 6.45) is 4.05. The van der Waals surface area contributed by atoms with E-state index in [1.165, 1.54) is 12.8 Å². The summed E-state index contributed by atoms with van der Waals surface area (Å²) in [6, 6.07) is 2.25. The van der Waals surface area contributed by atoms with Crippen LogP contribution < -0.4 is 11.1 Å². The van der Waals surface area contributed by atoms with Crippen molar-refractivity contribution in [1.29, 1.82) is 0 Å². The molecule has 0 atom stereocenters. The summed E-state index contributed by atoms with van der Waals surface area (Å²) in [5, 5.41) is 3.17. The van der Waals surface area contributed by atoms with Gasteiger partial charge < -0.3 is 11.1 Å². The van der Waals surface area contributed by atoms with Crippen LogP contribution in [0.4, 0.5) is 5.95 Å². The van der Waals surface area contributed by atoms with Crippen molar-refractivity contribution in [1.82, 2.24) is 9.97 Å². The second-order valence-electron chi connectivity index (χ2n) is 3.05. The van der Waals surface area contributed by atoms with E-state index in [0.717, 1.165) is 0 Å². The fraction of sp³-hybridized carbons (Fsp3) is 0.375. The lowest BCUT2D eigenvalue weighted by atomic mass is 10.4. The first-order chi connectivity index (χ1) is 6.25. The average Bonchev–Trinajstić information content (AvgIpc) is 2.89. The van der Waals surface area contributed by atoms with Gasteiger partial charge in [0.2, 0.25) is 5.95 Å². The molecule has 5 heteroatoms. The van der Waals surface area contributed by atoms with Crippen LogP contribution in [0.15, 0.2) is 12.3 Å². The number of hydrogen-bond donors (Lipinski definition) is 2. The molecular weight excluding hydrogens is 184 g/mol. The number of aromatic nitrogens is 2. The number of anilines is 1. The Morgan fingerprint density at radius 2 is 2.38 bits per heavy atom. The molecule has 1 aromatic rings. The average molecular weight is 194 g/mol. The zero-order chi connectivity index (χ0) is 9.26. The van der Waals surface area contributed by atoms with Crippen LogP contribution in [0, 0.1) is 0 Å². The Labute approximate surface area is 81.6 Å². The van der Waals surface area contributed by atoms with Gasteiger partial charge in [-0.15, -0.1) is 0 Å². The third-order valence-corrected chi connectivity index (χ3v) is 2.03. The number of nitrogens with zero attached hydrogens (tertiary/aromatic N) is 2. The van der Waals surface area contributed by atoms with Crippen LogP contribution in [0.2, 0.25) is 0 Å². The highest BCUT2D eigenvalue weighted by atomic mass is 32.1. The Bertz CT molecular complexity index is 335. The Hall–Kier alpha value is -1.23. The second-order valence-corrected chi connectivity index (χ2v) is 3.49. The summed E-state index contributed by atoms with van der Waals surface area (Å²) >= 11 is 4.81. The summed E-state index contributed by atoms with van der Waals surface area (Å²) in [6.45, 7) is 0. The number of rotatable bonds is 3. The Morgan fingerprint density at radius 1 is 1.62 bits per heavy atom. The Balaban J connectivity index is 2.15. The summed E-state index contributed by atoms with van der Waals surface area (Å²) in [5.74, 6) is 0.618. The standard InChI is InChI=1S/C8H10N4S/c9-7(13)6-3-4-10-8(12-6)11-5-1-2-5/h3-5H,1-2H2,(H2,9,13)(H,10,11,12).